The van der Waals surface area contributed by atoms with Gasteiger partial charge in [-0.3, -0.25) is 4.55 Å². The lowest BCUT2D eigenvalue weighted by atomic mass is 10.1. The summed E-state index contributed by atoms with van der Waals surface area (Å²) in [5.74, 6) is 0. The molecule has 1 aromatic carbocycles. The van der Waals surface area contributed by atoms with Crippen LogP contribution in [0.1, 0.15) is 18.5 Å². The highest BCUT2D eigenvalue weighted by atomic mass is 32.2. The number of hydrogen-bond donors (Lipinski definition) is 2. The Morgan fingerprint density at radius 3 is 2.14 bits per heavy atom. The van der Waals surface area contributed by atoms with Gasteiger partial charge in [0.2, 0.25) is 0 Å². The zero-order valence-electron chi connectivity index (χ0n) is 8.06. The molecule has 2 N–H and O–H groups in total. The fraction of sp³-hybridized carbons (Fsp3) is 0.333. The number of hydrogen-bond acceptors (Lipinski definition) is 3. The van der Waals surface area contributed by atoms with E-state index in [9.17, 15) is 8.42 Å². The van der Waals surface area contributed by atoms with E-state index in [1.807, 2.05) is 14.0 Å². The molecule has 1 unspecified atom stereocenters. The summed E-state index contributed by atoms with van der Waals surface area (Å²) in [5, 5.41) is 3.03. The molecule has 0 aliphatic rings. The second-order valence-corrected chi connectivity index (χ2v) is 4.48. The Balaban J connectivity index is 3.01. The van der Waals surface area contributed by atoms with Crippen molar-refractivity contribution in [1.82, 2.24) is 5.32 Å². The minimum absolute atomic E-state index is 0.0791. The average molecular weight is 215 g/mol. The second kappa shape index (κ2) is 4.08. The van der Waals surface area contributed by atoms with E-state index >= 15 is 0 Å². The predicted molar refractivity (Wildman–Crippen MR) is 53.7 cm³/mol. The fourth-order valence-electron chi connectivity index (χ4n) is 1.10. The predicted octanol–water partition coefficient (Wildman–Crippen LogP) is 1.21. The molecule has 0 saturated heterocycles. The Bertz CT molecular complexity index is 397. The number of nitrogens with one attached hydrogen (secondary N) is 1. The van der Waals surface area contributed by atoms with Crippen molar-refractivity contribution >= 4 is 10.1 Å². The van der Waals surface area contributed by atoms with E-state index in [4.69, 9.17) is 4.55 Å². The van der Waals surface area contributed by atoms with Crippen LogP contribution in [0.3, 0.4) is 0 Å². The van der Waals surface area contributed by atoms with E-state index in [-0.39, 0.29) is 10.9 Å². The van der Waals surface area contributed by atoms with Crippen LogP contribution in [0.25, 0.3) is 0 Å². The molecule has 78 valence electrons. The van der Waals surface area contributed by atoms with Gasteiger partial charge in [-0.1, -0.05) is 12.1 Å². The van der Waals surface area contributed by atoms with Crippen LogP contribution in [0, 0.1) is 0 Å². The summed E-state index contributed by atoms with van der Waals surface area (Å²) < 4.78 is 30.2. The quantitative estimate of drug-likeness (QED) is 0.744. The second-order valence-electron chi connectivity index (χ2n) is 3.05. The SMILES string of the molecule is CNC(C)c1ccc(S(=O)(=O)O)cc1. The molecule has 0 bridgehead atoms. The minimum Gasteiger partial charge on any atom is -0.313 e. The molecule has 0 fully saturated rings. The van der Waals surface area contributed by atoms with Crippen molar-refractivity contribution in [3.05, 3.63) is 29.8 Å². The summed E-state index contributed by atoms with van der Waals surface area (Å²) in [6.45, 7) is 1.96. The topological polar surface area (TPSA) is 66.4 Å². The molecule has 1 atom stereocenters. The lowest BCUT2D eigenvalue weighted by molar-refractivity contribution is 0.483. The van der Waals surface area contributed by atoms with Gasteiger partial charge in [-0.15, -0.1) is 0 Å². The van der Waals surface area contributed by atoms with Crippen molar-refractivity contribution < 1.29 is 13.0 Å². The molecule has 4 nitrogen and oxygen atoms in total. The van der Waals surface area contributed by atoms with Crippen LogP contribution >= 0.6 is 0 Å². The van der Waals surface area contributed by atoms with Crippen molar-refractivity contribution in [2.75, 3.05) is 7.05 Å². The van der Waals surface area contributed by atoms with E-state index in [0.717, 1.165) is 5.56 Å². The Hall–Kier alpha value is -0.910. The highest BCUT2D eigenvalue weighted by molar-refractivity contribution is 7.85. The van der Waals surface area contributed by atoms with Crippen molar-refractivity contribution in [2.45, 2.75) is 17.9 Å². The van der Waals surface area contributed by atoms with Crippen LogP contribution in [0.4, 0.5) is 0 Å². The van der Waals surface area contributed by atoms with E-state index in [1.54, 1.807) is 12.1 Å². The van der Waals surface area contributed by atoms with E-state index in [2.05, 4.69) is 5.32 Å². The highest BCUT2D eigenvalue weighted by Crippen LogP contribution is 2.15. The molecular weight excluding hydrogens is 202 g/mol. The molecular formula is C9H13NO3S. The van der Waals surface area contributed by atoms with Gasteiger partial charge in [0.1, 0.15) is 0 Å². The third-order valence-electron chi connectivity index (χ3n) is 2.11. The van der Waals surface area contributed by atoms with Crippen molar-refractivity contribution in [3.8, 4) is 0 Å². The van der Waals surface area contributed by atoms with Crippen LogP contribution in [-0.2, 0) is 10.1 Å². The van der Waals surface area contributed by atoms with E-state index in [1.165, 1.54) is 12.1 Å². The van der Waals surface area contributed by atoms with E-state index < -0.39 is 10.1 Å². The summed E-state index contributed by atoms with van der Waals surface area (Å²) in [6, 6.07) is 6.27. The van der Waals surface area contributed by atoms with Crippen LogP contribution in [0.5, 0.6) is 0 Å². The van der Waals surface area contributed by atoms with Gasteiger partial charge in [-0.25, -0.2) is 0 Å². The zero-order chi connectivity index (χ0) is 10.8. The maximum atomic E-state index is 10.7. The van der Waals surface area contributed by atoms with Gasteiger partial charge in [0.15, 0.2) is 0 Å². The normalized spacial score (nSPS) is 13.9. The summed E-state index contributed by atoms with van der Waals surface area (Å²) >= 11 is 0. The summed E-state index contributed by atoms with van der Waals surface area (Å²) in [6.07, 6.45) is 0. The first-order valence-electron chi connectivity index (χ1n) is 4.20. The van der Waals surface area contributed by atoms with Crippen LogP contribution in [-0.4, -0.2) is 20.0 Å². The zero-order valence-corrected chi connectivity index (χ0v) is 8.88. The van der Waals surface area contributed by atoms with Gasteiger partial charge in [0, 0.05) is 6.04 Å². The summed E-state index contributed by atoms with van der Waals surface area (Å²) in [4.78, 5) is -0.0791. The molecule has 1 aromatic rings. The largest absolute Gasteiger partial charge is 0.313 e. The first-order valence-corrected chi connectivity index (χ1v) is 5.64. The Morgan fingerprint density at radius 1 is 1.29 bits per heavy atom. The number of rotatable bonds is 3. The molecule has 0 amide bonds. The van der Waals surface area contributed by atoms with Gasteiger partial charge >= 0.3 is 0 Å². The van der Waals surface area contributed by atoms with Crippen LogP contribution < -0.4 is 5.32 Å². The van der Waals surface area contributed by atoms with Crippen molar-refractivity contribution in [1.29, 1.82) is 0 Å². The smallest absolute Gasteiger partial charge is 0.294 e. The molecule has 0 saturated carbocycles. The van der Waals surface area contributed by atoms with Crippen molar-refractivity contribution in [3.63, 3.8) is 0 Å². The third-order valence-corrected chi connectivity index (χ3v) is 2.98. The lowest BCUT2D eigenvalue weighted by Gasteiger charge is -2.10. The molecule has 0 spiro atoms. The Kier molecular flexibility index (Phi) is 3.25. The Morgan fingerprint density at radius 2 is 1.79 bits per heavy atom. The fourth-order valence-corrected chi connectivity index (χ4v) is 1.58. The highest BCUT2D eigenvalue weighted by Gasteiger charge is 2.09. The molecule has 5 heteroatoms. The van der Waals surface area contributed by atoms with Gasteiger partial charge < -0.3 is 5.32 Å². The third kappa shape index (κ3) is 2.54. The van der Waals surface area contributed by atoms with Crippen molar-refractivity contribution in [2.24, 2.45) is 0 Å². The number of benzene rings is 1. The Labute approximate surface area is 83.7 Å². The molecule has 1 rings (SSSR count). The first kappa shape index (κ1) is 11.2. The average Bonchev–Trinajstić information content (AvgIpc) is 2.15. The maximum absolute atomic E-state index is 10.7. The molecule has 0 aliphatic carbocycles. The molecule has 0 aromatic heterocycles. The lowest BCUT2D eigenvalue weighted by Crippen LogP contribution is -2.12. The molecule has 0 aliphatic heterocycles. The molecule has 0 heterocycles. The van der Waals surface area contributed by atoms with Gasteiger partial charge in [-0.2, -0.15) is 8.42 Å². The van der Waals surface area contributed by atoms with E-state index in [0.29, 0.717) is 0 Å². The summed E-state index contributed by atoms with van der Waals surface area (Å²) in [5.41, 5.74) is 0.972. The minimum atomic E-state index is -4.07. The molecule has 0 radical (unpaired) electrons. The van der Waals surface area contributed by atoms with Gasteiger partial charge in [0.25, 0.3) is 10.1 Å². The van der Waals surface area contributed by atoms with Gasteiger partial charge in [0.05, 0.1) is 4.90 Å². The first-order chi connectivity index (χ1) is 6.45. The monoisotopic (exact) mass is 215 g/mol. The van der Waals surface area contributed by atoms with Crippen LogP contribution in [0.15, 0.2) is 29.2 Å². The van der Waals surface area contributed by atoms with Gasteiger partial charge in [-0.05, 0) is 31.7 Å². The summed E-state index contributed by atoms with van der Waals surface area (Å²) in [7, 11) is -2.25. The molecule has 14 heavy (non-hydrogen) atoms. The van der Waals surface area contributed by atoms with Crippen LogP contribution in [0.2, 0.25) is 0 Å². The maximum Gasteiger partial charge on any atom is 0.294 e. The standard InChI is InChI=1S/C9H13NO3S/c1-7(10-2)8-3-5-9(6-4-8)14(11,12)13/h3-7,10H,1-2H3,(H,11,12,13).